The van der Waals surface area contributed by atoms with Crippen LogP contribution in [0.2, 0.25) is 0 Å². The highest BCUT2D eigenvalue weighted by molar-refractivity contribution is 5.75. The second-order valence-corrected chi connectivity index (χ2v) is 5.43. The monoisotopic (exact) mass is 272 g/mol. The summed E-state index contributed by atoms with van der Waals surface area (Å²) in [6.07, 6.45) is 1.58. The van der Waals surface area contributed by atoms with Crippen molar-refractivity contribution < 1.29 is 19.8 Å². The Morgan fingerprint density at radius 2 is 2.16 bits per heavy atom. The predicted molar refractivity (Wildman–Crippen MR) is 70.8 cm³/mol. The molecule has 1 rings (SSSR count). The fourth-order valence-electron chi connectivity index (χ4n) is 2.37. The van der Waals surface area contributed by atoms with Gasteiger partial charge in [0.1, 0.15) is 0 Å². The number of likely N-dealkylation sites (tertiary alicyclic amines) is 1. The number of aliphatic hydroxyl groups is 1. The predicted octanol–water partition coefficient (Wildman–Crippen LogP) is 0.900. The fraction of sp³-hybridized carbons (Fsp3) is 0.846. The quantitative estimate of drug-likeness (QED) is 0.670. The molecule has 3 unspecified atom stereocenters. The number of hydrogen-bond donors (Lipinski definition) is 3. The molecule has 110 valence electrons. The average molecular weight is 272 g/mol. The largest absolute Gasteiger partial charge is 0.481 e. The molecule has 1 saturated heterocycles. The van der Waals surface area contributed by atoms with Crippen molar-refractivity contribution in [2.45, 2.75) is 39.2 Å². The zero-order valence-corrected chi connectivity index (χ0v) is 11.6. The summed E-state index contributed by atoms with van der Waals surface area (Å²) < 4.78 is 0. The summed E-state index contributed by atoms with van der Waals surface area (Å²) in [5.74, 6) is -0.361. The summed E-state index contributed by atoms with van der Waals surface area (Å²) in [5.41, 5.74) is 0. The molecule has 3 atom stereocenters. The van der Waals surface area contributed by atoms with Gasteiger partial charge in [0.25, 0.3) is 0 Å². The van der Waals surface area contributed by atoms with Gasteiger partial charge >= 0.3 is 12.0 Å². The molecular weight excluding hydrogens is 248 g/mol. The number of urea groups is 1. The van der Waals surface area contributed by atoms with Crippen molar-refractivity contribution in [2.24, 2.45) is 11.8 Å². The van der Waals surface area contributed by atoms with Gasteiger partial charge in [0, 0.05) is 19.5 Å². The molecule has 0 radical (unpaired) electrons. The highest BCUT2D eigenvalue weighted by Gasteiger charge is 2.33. The van der Waals surface area contributed by atoms with Gasteiger partial charge in [0.2, 0.25) is 0 Å². The Hall–Kier alpha value is -1.30. The first-order chi connectivity index (χ1) is 8.95. The van der Waals surface area contributed by atoms with Crippen molar-refractivity contribution >= 4 is 12.0 Å². The van der Waals surface area contributed by atoms with E-state index in [1.165, 1.54) is 0 Å². The molecule has 3 N–H and O–H groups in total. The highest BCUT2D eigenvalue weighted by Crippen LogP contribution is 2.23. The van der Waals surface area contributed by atoms with E-state index in [0.29, 0.717) is 25.4 Å². The number of carboxylic acid groups (broad SMARTS) is 1. The topological polar surface area (TPSA) is 89.9 Å². The lowest BCUT2D eigenvalue weighted by Gasteiger charge is -2.26. The Morgan fingerprint density at radius 3 is 2.74 bits per heavy atom. The van der Waals surface area contributed by atoms with Gasteiger partial charge in [-0.1, -0.05) is 13.8 Å². The van der Waals surface area contributed by atoms with Crippen LogP contribution in [0.4, 0.5) is 4.79 Å². The molecule has 6 heteroatoms. The molecule has 1 aliphatic rings. The molecule has 0 aliphatic carbocycles. The minimum absolute atomic E-state index is 0.0108. The maximum absolute atomic E-state index is 12.0. The lowest BCUT2D eigenvalue weighted by Crippen LogP contribution is -2.46. The maximum Gasteiger partial charge on any atom is 0.317 e. The third-order valence-electron chi connectivity index (χ3n) is 3.78. The summed E-state index contributed by atoms with van der Waals surface area (Å²) in [5, 5.41) is 20.7. The second-order valence-electron chi connectivity index (χ2n) is 5.43. The smallest absolute Gasteiger partial charge is 0.317 e. The van der Waals surface area contributed by atoms with Gasteiger partial charge in [-0.05, 0) is 24.7 Å². The van der Waals surface area contributed by atoms with Crippen LogP contribution in [0.5, 0.6) is 0 Å². The maximum atomic E-state index is 12.0. The van der Waals surface area contributed by atoms with E-state index in [2.05, 4.69) is 5.32 Å². The standard InChI is InChI=1S/C13H24N2O4/c1-9(3-4-12(17)18)7-14-13(19)15-6-5-10(2)11(15)8-16/h9-11,16H,3-8H2,1-2H3,(H,14,19)(H,17,18). The minimum atomic E-state index is -0.813. The van der Waals surface area contributed by atoms with E-state index in [9.17, 15) is 14.7 Å². The van der Waals surface area contributed by atoms with E-state index in [0.717, 1.165) is 6.42 Å². The van der Waals surface area contributed by atoms with Crippen LogP contribution >= 0.6 is 0 Å². The van der Waals surface area contributed by atoms with Crippen molar-refractivity contribution in [3.05, 3.63) is 0 Å². The van der Waals surface area contributed by atoms with Crippen LogP contribution < -0.4 is 5.32 Å². The Kier molecular flexibility index (Phi) is 6.08. The Balaban J connectivity index is 2.33. The SMILES string of the molecule is CC(CCC(=O)O)CNC(=O)N1CCC(C)C1CO. The average Bonchev–Trinajstić information content (AvgIpc) is 2.74. The van der Waals surface area contributed by atoms with Crippen LogP contribution in [0.15, 0.2) is 0 Å². The number of nitrogens with zero attached hydrogens (tertiary/aromatic N) is 1. The summed E-state index contributed by atoms with van der Waals surface area (Å²) in [4.78, 5) is 24.1. The molecule has 2 amide bonds. The van der Waals surface area contributed by atoms with E-state index in [4.69, 9.17) is 5.11 Å². The molecule has 0 aromatic rings. The normalized spacial score (nSPS) is 24.3. The van der Waals surface area contributed by atoms with Crippen LogP contribution in [0.1, 0.15) is 33.1 Å². The first-order valence-electron chi connectivity index (χ1n) is 6.82. The molecule has 0 saturated carbocycles. The number of carbonyl (C=O) groups is 2. The van der Waals surface area contributed by atoms with Crippen LogP contribution in [0.3, 0.4) is 0 Å². The molecule has 19 heavy (non-hydrogen) atoms. The van der Waals surface area contributed by atoms with Gasteiger partial charge in [-0.3, -0.25) is 4.79 Å². The Bertz CT molecular complexity index is 322. The van der Waals surface area contributed by atoms with Crippen LogP contribution in [-0.4, -0.2) is 52.9 Å². The summed E-state index contributed by atoms with van der Waals surface area (Å²) in [6, 6.07) is -0.264. The molecule has 1 heterocycles. The number of rotatable bonds is 6. The van der Waals surface area contributed by atoms with Crippen molar-refractivity contribution in [3.8, 4) is 0 Å². The van der Waals surface area contributed by atoms with Crippen molar-refractivity contribution in [3.63, 3.8) is 0 Å². The van der Waals surface area contributed by atoms with Gasteiger partial charge < -0.3 is 20.4 Å². The molecule has 0 aromatic heterocycles. The van der Waals surface area contributed by atoms with E-state index in [1.54, 1.807) is 4.90 Å². The van der Waals surface area contributed by atoms with Crippen molar-refractivity contribution in [2.75, 3.05) is 19.7 Å². The summed E-state index contributed by atoms with van der Waals surface area (Å²) in [7, 11) is 0. The van der Waals surface area contributed by atoms with Crippen LogP contribution in [0, 0.1) is 11.8 Å². The summed E-state index contributed by atoms with van der Waals surface area (Å²) in [6.45, 7) is 5.07. The van der Waals surface area contributed by atoms with Crippen LogP contribution in [0.25, 0.3) is 0 Å². The molecule has 1 aliphatic heterocycles. The summed E-state index contributed by atoms with van der Waals surface area (Å²) >= 11 is 0. The fourth-order valence-corrected chi connectivity index (χ4v) is 2.37. The molecular formula is C13H24N2O4. The number of carbonyl (C=O) groups excluding carboxylic acids is 1. The molecule has 6 nitrogen and oxygen atoms in total. The Morgan fingerprint density at radius 1 is 1.47 bits per heavy atom. The lowest BCUT2D eigenvalue weighted by molar-refractivity contribution is -0.137. The van der Waals surface area contributed by atoms with Gasteiger partial charge in [-0.2, -0.15) is 0 Å². The van der Waals surface area contributed by atoms with E-state index < -0.39 is 5.97 Å². The highest BCUT2D eigenvalue weighted by atomic mass is 16.4. The first-order valence-corrected chi connectivity index (χ1v) is 6.82. The lowest BCUT2D eigenvalue weighted by atomic mass is 10.0. The molecule has 1 fully saturated rings. The molecule has 0 spiro atoms. The van der Waals surface area contributed by atoms with E-state index in [-0.39, 0.29) is 31.0 Å². The zero-order valence-electron chi connectivity index (χ0n) is 11.6. The number of amides is 2. The Labute approximate surface area is 113 Å². The number of aliphatic carboxylic acids is 1. The van der Waals surface area contributed by atoms with E-state index in [1.807, 2.05) is 13.8 Å². The van der Waals surface area contributed by atoms with Crippen molar-refractivity contribution in [1.82, 2.24) is 10.2 Å². The third kappa shape index (κ3) is 4.70. The number of aliphatic hydroxyl groups excluding tert-OH is 1. The molecule has 0 bridgehead atoms. The van der Waals surface area contributed by atoms with Crippen molar-refractivity contribution in [1.29, 1.82) is 0 Å². The van der Waals surface area contributed by atoms with Gasteiger partial charge in [0.15, 0.2) is 0 Å². The minimum Gasteiger partial charge on any atom is -0.481 e. The van der Waals surface area contributed by atoms with Gasteiger partial charge in [-0.15, -0.1) is 0 Å². The third-order valence-corrected chi connectivity index (χ3v) is 3.78. The second kappa shape index (κ2) is 7.33. The first kappa shape index (κ1) is 15.8. The zero-order chi connectivity index (χ0) is 14.4. The molecule has 0 aromatic carbocycles. The van der Waals surface area contributed by atoms with E-state index >= 15 is 0 Å². The van der Waals surface area contributed by atoms with Gasteiger partial charge in [-0.25, -0.2) is 4.79 Å². The van der Waals surface area contributed by atoms with Crippen LogP contribution in [-0.2, 0) is 4.79 Å². The number of nitrogens with one attached hydrogen (secondary N) is 1. The number of carboxylic acids is 1. The van der Waals surface area contributed by atoms with Gasteiger partial charge in [0.05, 0.1) is 12.6 Å². The number of hydrogen-bond acceptors (Lipinski definition) is 3.